The van der Waals surface area contributed by atoms with E-state index in [0.717, 1.165) is 27.8 Å². The molecular weight excluding hydrogens is 330 g/mol. The zero-order valence-corrected chi connectivity index (χ0v) is 14.4. The van der Waals surface area contributed by atoms with Crippen molar-refractivity contribution < 1.29 is 9.59 Å². The number of amides is 2. The molecule has 2 aromatic carbocycles. The molecular formula is C19H19N5O2. The predicted octanol–water partition coefficient (Wildman–Crippen LogP) is 1.98. The third kappa shape index (κ3) is 3.03. The zero-order chi connectivity index (χ0) is 18.1. The van der Waals surface area contributed by atoms with E-state index in [1.807, 2.05) is 49.4 Å². The Hall–Kier alpha value is -3.22. The van der Waals surface area contributed by atoms with Crippen LogP contribution in [0.25, 0.3) is 11.0 Å². The minimum Gasteiger partial charge on any atom is -0.354 e. The Morgan fingerprint density at radius 2 is 2.12 bits per heavy atom. The molecule has 2 heterocycles. The fourth-order valence-electron chi connectivity index (χ4n) is 3.29. The fraction of sp³-hybridized carbons (Fsp3) is 0.263. The van der Waals surface area contributed by atoms with E-state index in [1.54, 1.807) is 4.68 Å². The molecule has 7 nitrogen and oxygen atoms in total. The Labute approximate surface area is 150 Å². The summed E-state index contributed by atoms with van der Waals surface area (Å²) < 4.78 is 1.76. The summed E-state index contributed by atoms with van der Waals surface area (Å²) in [6.45, 7) is 2.93. The molecule has 7 heteroatoms. The van der Waals surface area contributed by atoms with Gasteiger partial charge in [0.2, 0.25) is 11.8 Å². The van der Waals surface area contributed by atoms with Crippen molar-refractivity contribution in [2.75, 3.05) is 11.9 Å². The van der Waals surface area contributed by atoms with Crippen molar-refractivity contribution >= 4 is 28.5 Å². The normalized spacial score (nSPS) is 15.7. The summed E-state index contributed by atoms with van der Waals surface area (Å²) in [5.74, 6) is -0.705. The third-order valence-corrected chi connectivity index (χ3v) is 4.61. The van der Waals surface area contributed by atoms with Crippen LogP contribution in [-0.2, 0) is 16.1 Å². The molecule has 1 aliphatic rings. The van der Waals surface area contributed by atoms with Crippen LogP contribution in [0.1, 0.15) is 23.5 Å². The summed E-state index contributed by atoms with van der Waals surface area (Å²) in [7, 11) is 0. The molecule has 0 fully saturated rings. The van der Waals surface area contributed by atoms with Crippen molar-refractivity contribution in [3.8, 4) is 0 Å². The molecule has 0 bridgehead atoms. The van der Waals surface area contributed by atoms with E-state index in [9.17, 15) is 9.59 Å². The molecule has 2 amide bonds. The fourth-order valence-corrected chi connectivity index (χ4v) is 3.29. The molecule has 26 heavy (non-hydrogen) atoms. The Balaban J connectivity index is 1.36. The maximum atomic E-state index is 12.3. The van der Waals surface area contributed by atoms with Crippen LogP contribution in [0.4, 0.5) is 5.69 Å². The second-order valence-corrected chi connectivity index (χ2v) is 6.49. The van der Waals surface area contributed by atoms with Crippen molar-refractivity contribution in [2.24, 2.45) is 0 Å². The number of hydrogen-bond donors (Lipinski definition) is 2. The van der Waals surface area contributed by atoms with Gasteiger partial charge in [-0.05, 0) is 30.7 Å². The number of carbonyl (C=O) groups excluding carboxylic acids is 2. The number of anilines is 1. The number of fused-ring (bicyclic) bond motifs is 2. The lowest BCUT2D eigenvalue weighted by Crippen LogP contribution is -2.30. The highest BCUT2D eigenvalue weighted by Crippen LogP contribution is 2.35. The van der Waals surface area contributed by atoms with Gasteiger partial charge >= 0.3 is 0 Å². The minimum absolute atomic E-state index is 0.122. The number of nitrogens with one attached hydrogen (secondary N) is 2. The summed E-state index contributed by atoms with van der Waals surface area (Å²) in [6.07, 6.45) is 0.139. The van der Waals surface area contributed by atoms with Crippen LogP contribution in [0.3, 0.4) is 0 Å². The maximum Gasteiger partial charge on any atom is 0.232 e. The van der Waals surface area contributed by atoms with Gasteiger partial charge in [0, 0.05) is 18.7 Å². The molecule has 1 aromatic heterocycles. The van der Waals surface area contributed by atoms with Gasteiger partial charge in [-0.15, -0.1) is 5.10 Å². The summed E-state index contributed by atoms with van der Waals surface area (Å²) in [4.78, 5) is 24.5. The number of benzene rings is 2. The molecule has 1 aliphatic heterocycles. The molecule has 132 valence electrons. The number of carbonyl (C=O) groups is 2. The lowest BCUT2D eigenvalue weighted by atomic mass is 9.95. The number of aryl methyl sites for hydroxylation is 1. The van der Waals surface area contributed by atoms with Crippen LogP contribution in [-0.4, -0.2) is 33.4 Å². The Morgan fingerprint density at radius 1 is 1.27 bits per heavy atom. The van der Waals surface area contributed by atoms with Crippen LogP contribution in [0.2, 0.25) is 0 Å². The van der Waals surface area contributed by atoms with Gasteiger partial charge in [0.25, 0.3) is 0 Å². The number of hydrogen-bond acceptors (Lipinski definition) is 4. The van der Waals surface area contributed by atoms with Gasteiger partial charge in [-0.25, -0.2) is 4.68 Å². The smallest absolute Gasteiger partial charge is 0.232 e. The van der Waals surface area contributed by atoms with Crippen LogP contribution >= 0.6 is 0 Å². The largest absolute Gasteiger partial charge is 0.354 e. The van der Waals surface area contributed by atoms with E-state index >= 15 is 0 Å². The summed E-state index contributed by atoms with van der Waals surface area (Å²) in [6, 6.07) is 13.5. The highest BCUT2D eigenvalue weighted by atomic mass is 16.2. The highest BCUT2D eigenvalue weighted by Gasteiger charge is 2.32. The molecule has 0 saturated carbocycles. The SMILES string of the molecule is Cc1ccc2c(c1)C(CC(=O)NCCn1nnc3ccccc31)C(=O)N2. The lowest BCUT2D eigenvalue weighted by Gasteiger charge is -2.10. The second-order valence-electron chi connectivity index (χ2n) is 6.49. The van der Waals surface area contributed by atoms with E-state index in [1.165, 1.54) is 0 Å². The molecule has 0 saturated heterocycles. The number of rotatable bonds is 5. The van der Waals surface area contributed by atoms with E-state index in [-0.39, 0.29) is 18.2 Å². The van der Waals surface area contributed by atoms with Crippen molar-refractivity contribution in [3.63, 3.8) is 0 Å². The monoisotopic (exact) mass is 349 g/mol. The summed E-state index contributed by atoms with van der Waals surface area (Å²) in [5.41, 5.74) is 4.53. The van der Waals surface area contributed by atoms with E-state index in [4.69, 9.17) is 0 Å². The van der Waals surface area contributed by atoms with Crippen LogP contribution in [0.5, 0.6) is 0 Å². The Morgan fingerprint density at radius 3 is 3.00 bits per heavy atom. The van der Waals surface area contributed by atoms with Crippen LogP contribution in [0.15, 0.2) is 42.5 Å². The molecule has 1 unspecified atom stereocenters. The molecule has 4 rings (SSSR count). The molecule has 0 spiro atoms. The summed E-state index contributed by atoms with van der Waals surface area (Å²) >= 11 is 0. The third-order valence-electron chi connectivity index (χ3n) is 4.61. The first-order chi connectivity index (χ1) is 12.6. The number of para-hydroxylation sites is 1. The molecule has 0 aliphatic carbocycles. The van der Waals surface area contributed by atoms with E-state index in [2.05, 4.69) is 20.9 Å². The van der Waals surface area contributed by atoms with E-state index in [0.29, 0.717) is 13.1 Å². The molecule has 2 N–H and O–H groups in total. The standard InChI is InChI=1S/C19H19N5O2/c1-12-6-7-15-13(10-12)14(19(26)21-15)11-18(25)20-8-9-24-17-5-3-2-4-16(17)22-23-24/h2-7,10,14H,8-9,11H2,1H3,(H,20,25)(H,21,26). The minimum atomic E-state index is -0.433. The van der Waals surface area contributed by atoms with Gasteiger partial charge in [0.1, 0.15) is 5.52 Å². The number of nitrogens with zero attached hydrogens (tertiary/aromatic N) is 3. The zero-order valence-electron chi connectivity index (χ0n) is 14.4. The van der Waals surface area contributed by atoms with E-state index < -0.39 is 5.92 Å². The topological polar surface area (TPSA) is 88.9 Å². The van der Waals surface area contributed by atoms with Crippen LogP contribution < -0.4 is 10.6 Å². The van der Waals surface area contributed by atoms with Gasteiger partial charge in [-0.1, -0.05) is 35.0 Å². The van der Waals surface area contributed by atoms with Gasteiger partial charge in [-0.2, -0.15) is 0 Å². The first-order valence-corrected chi connectivity index (χ1v) is 8.58. The highest BCUT2D eigenvalue weighted by molar-refractivity contribution is 6.05. The Kier molecular flexibility index (Phi) is 4.12. The van der Waals surface area contributed by atoms with Gasteiger partial charge < -0.3 is 10.6 Å². The molecule has 3 aromatic rings. The summed E-state index contributed by atoms with van der Waals surface area (Å²) in [5, 5.41) is 13.9. The number of aromatic nitrogens is 3. The van der Waals surface area contributed by atoms with Gasteiger partial charge in [-0.3, -0.25) is 9.59 Å². The molecule has 0 radical (unpaired) electrons. The van der Waals surface area contributed by atoms with Gasteiger partial charge in [0.15, 0.2) is 0 Å². The molecule has 1 atom stereocenters. The van der Waals surface area contributed by atoms with Gasteiger partial charge in [0.05, 0.1) is 18.0 Å². The maximum absolute atomic E-state index is 12.3. The van der Waals surface area contributed by atoms with Crippen LogP contribution in [0, 0.1) is 6.92 Å². The van der Waals surface area contributed by atoms with Crippen molar-refractivity contribution in [1.29, 1.82) is 0 Å². The van der Waals surface area contributed by atoms with Crippen molar-refractivity contribution in [1.82, 2.24) is 20.3 Å². The Bertz CT molecular complexity index is 995. The first kappa shape index (κ1) is 16.3. The predicted molar refractivity (Wildman–Crippen MR) is 97.7 cm³/mol. The average Bonchev–Trinajstić information content (AvgIpc) is 3.17. The lowest BCUT2D eigenvalue weighted by molar-refractivity contribution is -0.125. The second kappa shape index (κ2) is 6.59. The average molecular weight is 349 g/mol. The quantitative estimate of drug-likeness (QED) is 0.737. The first-order valence-electron chi connectivity index (χ1n) is 8.58. The van der Waals surface area contributed by atoms with Crippen molar-refractivity contribution in [3.05, 3.63) is 53.6 Å². The van der Waals surface area contributed by atoms with Crippen molar-refractivity contribution in [2.45, 2.75) is 25.8 Å².